The van der Waals surface area contributed by atoms with Crippen molar-refractivity contribution >= 4 is 18.0 Å². The Bertz CT molecular complexity index is 1140. The molecule has 1 aliphatic rings. The summed E-state index contributed by atoms with van der Waals surface area (Å²) in [4.78, 5) is 35.6. The second kappa shape index (κ2) is 18.8. The van der Waals surface area contributed by atoms with E-state index in [-0.39, 0.29) is 31.5 Å². The molecular weight excluding hydrogens is 492 g/mol. The highest BCUT2D eigenvalue weighted by Gasteiger charge is 2.12. The van der Waals surface area contributed by atoms with Crippen LogP contribution >= 0.6 is 0 Å². The van der Waals surface area contributed by atoms with E-state index in [0.717, 1.165) is 24.0 Å². The number of carbonyl (C=O) groups is 3. The maximum absolute atomic E-state index is 12.3. The zero-order chi connectivity index (χ0) is 28.1. The van der Waals surface area contributed by atoms with E-state index in [2.05, 4.69) is 34.4 Å². The Balaban J connectivity index is 0.000000658. The fourth-order valence-electron chi connectivity index (χ4n) is 3.46. The van der Waals surface area contributed by atoms with Gasteiger partial charge in [0.15, 0.2) is 0 Å². The first-order chi connectivity index (χ1) is 19.0. The highest BCUT2D eigenvalue weighted by molar-refractivity contribution is 5.82. The van der Waals surface area contributed by atoms with Gasteiger partial charge in [0.2, 0.25) is 5.91 Å². The largest absolute Gasteiger partial charge is 0.466 e. The molecule has 2 amide bonds. The molecule has 0 bridgehead atoms. The number of esters is 1. The van der Waals surface area contributed by atoms with Crippen molar-refractivity contribution in [2.24, 2.45) is 0 Å². The summed E-state index contributed by atoms with van der Waals surface area (Å²) in [6, 6.07) is 19.8. The van der Waals surface area contributed by atoms with E-state index < -0.39 is 12.1 Å². The summed E-state index contributed by atoms with van der Waals surface area (Å²) in [6.45, 7) is 2.39. The summed E-state index contributed by atoms with van der Waals surface area (Å²) in [5.74, 6) is -0.722. The second-order valence-corrected chi connectivity index (χ2v) is 8.80. The van der Waals surface area contributed by atoms with Crippen LogP contribution in [0.5, 0.6) is 0 Å². The topological polar surface area (TPSA) is 93.7 Å². The van der Waals surface area contributed by atoms with E-state index >= 15 is 0 Å². The van der Waals surface area contributed by atoms with Crippen LogP contribution in [-0.2, 0) is 25.5 Å². The lowest BCUT2D eigenvalue weighted by molar-refractivity contribution is -0.135. The number of rotatable bonds is 11. The summed E-state index contributed by atoms with van der Waals surface area (Å²) >= 11 is 0. The lowest BCUT2D eigenvalue weighted by Crippen LogP contribution is -2.36. The summed E-state index contributed by atoms with van der Waals surface area (Å²) in [7, 11) is 1.30. The third kappa shape index (κ3) is 14.8. The maximum atomic E-state index is 12.3. The van der Waals surface area contributed by atoms with Gasteiger partial charge < -0.3 is 20.1 Å². The van der Waals surface area contributed by atoms with E-state index in [1.54, 1.807) is 6.08 Å². The summed E-state index contributed by atoms with van der Waals surface area (Å²) in [5, 5.41) is 5.46. The first kappa shape index (κ1) is 30.8. The molecule has 0 aromatic heterocycles. The van der Waals surface area contributed by atoms with E-state index in [0.29, 0.717) is 6.42 Å². The van der Waals surface area contributed by atoms with Crippen molar-refractivity contribution in [2.45, 2.75) is 38.6 Å². The molecule has 0 spiro atoms. The van der Waals surface area contributed by atoms with Crippen LogP contribution in [0.25, 0.3) is 0 Å². The van der Waals surface area contributed by atoms with Gasteiger partial charge in [-0.15, -0.1) is 0 Å². The number of hydrogen-bond donors (Lipinski definition) is 2. The van der Waals surface area contributed by atoms with Crippen LogP contribution in [0.4, 0.5) is 4.79 Å². The van der Waals surface area contributed by atoms with Gasteiger partial charge in [-0.1, -0.05) is 103 Å². The second-order valence-electron chi connectivity index (χ2n) is 8.80. The van der Waals surface area contributed by atoms with Gasteiger partial charge in [0.1, 0.15) is 6.61 Å². The predicted octanol–water partition coefficient (Wildman–Crippen LogP) is 5.39. The molecule has 2 N–H and O–H groups in total. The van der Waals surface area contributed by atoms with Gasteiger partial charge in [-0.3, -0.25) is 4.79 Å². The van der Waals surface area contributed by atoms with Gasteiger partial charge in [-0.2, -0.15) is 0 Å². The zero-order valence-electron chi connectivity index (χ0n) is 22.7. The van der Waals surface area contributed by atoms with E-state index in [9.17, 15) is 14.4 Å². The average Bonchev–Trinajstić information content (AvgIpc) is 3.23. The number of alkyl carbamates (subject to hydrolysis) is 1. The minimum Gasteiger partial charge on any atom is -0.466 e. The Hall–Kier alpha value is -4.39. The molecule has 0 radical (unpaired) electrons. The average molecular weight is 531 g/mol. The number of hydrogen-bond acceptors (Lipinski definition) is 5. The Morgan fingerprint density at radius 1 is 1.00 bits per heavy atom. The number of methoxy groups -OCH3 is 1. The van der Waals surface area contributed by atoms with E-state index in [1.807, 2.05) is 78.9 Å². The number of benzene rings is 2. The predicted molar refractivity (Wildman–Crippen MR) is 154 cm³/mol. The molecule has 1 aliphatic carbocycles. The van der Waals surface area contributed by atoms with Crippen molar-refractivity contribution in [2.75, 3.05) is 20.3 Å². The molecule has 7 heteroatoms. The van der Waals surface area contributed by atoms with E-state index in [4.69, 9.17) is 4.74 Å². The Kier molecular flexibility index (Phi) is 14.9. The molecular formula is C32H38N2O5. The molecule has 7 nitrogen and oxygen atoms in total. The minimum absolute atomic E-state index is 0.0916. The quantitative estimate of drug-likeness (QED) is 0.300. The van der Waals surface area contributed by atoms with Crippen LogP contribution in [0, 0.1) is 6.92 Å². The highest BCUT2D eigenvalue weighted by atomic mass is 16.5. The first-order valence-corrected chi connectivity index (χ1v) is 13.0. The Labute approximate surface area is 231 Å². The molecule has 0 fully saturated rings. The smallest absolute Gasteiger partial charge is 0.407 e. The fourth-order valence-corrected chi connectivity index (χ4v) is 3.46. The van der Waals surface area contributed by atoms with Crippen LogP contribution in [0.1, 0.15) is 30.4 Å². The lowest BCUT2D eigenvalue weighted by atomic mass is 10.0. The molecule has 39 heavy (non-hydrogen) atoms. The maximum Gasteiger partial charge on any atom is 0.407 e. The summed E-state index contributed by atoms with van der Waals surface area (Å²) < 4.78 is 9.79. The molecule has 2 aromatic carbocycles. The number of ether oxygens (including phenoxy) is 2. The van der Waals surface area contributed by atoms with Gasteiger partial charge in [0.25, 0.3) is 0 Å². The normalized spacial score (nSPS) is 12.8. The van der Waals surface area contributed by atoms with Gasteiger partial charge in [0.05, 0.1) is 7.11 Å². The van der Waals surface area contributed by atoms with Crippen molar-refractivity contribution in [1.82, 2.24) is 10.6 Å². The molecule has 0 saturated carbocycles. The van der Waals surface area contributed by atoms with Gasteiger partial charge in [-0.25, -0.2) is 9.59 Å². The van der Waals surface area contributed by atoms with Crippen molar-refractivity contribution in [3.63, 3.8) is 0 Å². The standard InChI is InChI=1S/C25H30N2O5.C7H8/c1-31-24(29)16-15-22(14-13-20-9-7-4-8-10-20)27-23(28)17-18-26-25(30)32-19-21-11-5-2-3-6-12-21;1-7-5-3-2-4-6-7/h2,4-12,15-16,22H,3,13-14,17-19H2,1H3,(H,26,30)(H,27,28);2-6H,1H3/b16-15+;/t22-;/m0./s1. The molecule has 206 valence electrons. The Morgan fingerprint density at radius 3 is 2.38 bits per heavy atom. The molecule has 0 saturated heterocycles. The SMILES string of the molecule is COC(=O)/C=C/[C@H](CCc1ccccc1)NC(=O)CCNC(=O)OCC1=CC=CCC=C1.Cc1ccccc1. The number of allylic oxidation sites excluding steroid dienone is 4. The molecule has 3 rings (SSSR count). The van der Waals surface area contributed by atoms with Gasteiger partial charge >= 0.3 is 12.1 Å². The van der Waals surface area contributed by atoms with Crippen molar-refractivity contribution in [1.29, 1.82) is 0 Å². The number of amides is 2. The van der Waals surface area contributed by atoms with E-state index in [1.165, 1.54) is 18.7 Å². The van der Waals surface area contributed by atoms with Gasteiger partial charge in [-0.05, 0) is 37.3 Å². The zero-order valence-corrected chi connectivity index (χ0v) is 22.7. The van der Waals surface area contributed by atoms with Crippen LogP contribution in [0.15, 0.2) is 109 Å². The molecule has 0 heterocycles. The number of nitrogens with one attached hydrogen (secondary N) is 2. The van der Waals surface area contributed by atoms with Crippen LogP contribution in [-0.4, -0.2) is 44.3 Å². The third-order valence-electron chi connectivity index (χ3n) is 5.58. The van der Waals surface area contributed by atoms with Crippen molar-refractivity contribution < 1.29 is 23.9 Å². The molecule has 0 unspecified atom stereocenters. The first-order valence-electron chi connectivity index (χ1n) is 13.0. The lowest BCUT2D eigenvalue weighted by Gasteiger charge is -2.15. The number of aryl methyl sites for hydroxylation is 2. The minimum atomic E-state index is -0.577. The van der Waals surface area contributed by atoms with Crippen LogP contribution < -0.4 is 10.6 Å². The molecule has 2 aromatic rings. The van der Waals surface area contributed by atoms with Crippen molar-refractivity contribution in [3.8, 4) is 0 Å². The van der Waals surface area contributed by atoms with Crippen LogP contribution in [0.3, 0.4) is 0 Å². The Morgan fingerprint density at radius 2 is 1.72 bits per heavy atom. The molecule has 1 atom stereocenters. The summed E-state index contributed by atoms with van der Waals surface area (Å²) in [5.41, 5.74) is 3.35. The highest BCUT2D eigenvalue weighted by Crippen LogP contribution is 2.07. The van der Waals surface area contributed by atoms with Gasteiger partial charge in [0, 0.05) is 25.1 Å². The monoisotopic (exact) mass is 530 g/mol. The third-order valence-corrected chi connectivity index (χ3v) is 5.58. The summed E-state index contributed by atoms with van der Waals surface area (Å²) in [6.07, 6.45) is 14.4. The fraction of sp³-hybridized carbons (Fsp3) is 0.281. The van der Waals surface area contributed by atoms with Crippen LogP contribution in [0.2, 0.25) is 0 Å². The molecule has 0 aliphatic heterocycles. The number of carbonyl (C=O) groups excluding carboxylic acids is 3. The van der Waals surface area contributed by atoms with Crippen molar-refractivity contribution in [3.05, 3.63) is 120 Å².